The molecule has 29 heavy (non-hydrogen) atoms. The minimum absolute atomic E-state index is 0.0115. The maximum Gasteiger partial charge on any atom is 0.320 e. The van der Waals surface area contributed by atoms with Crippen LogP contribution >= 0.6 is 11.3 Å². The quantitative estimate of drug-likeness (QED) is 0.632. The van der Waals surface area contributed by atoms with Gasteiger partial charge < -0.3 is 14.7 Å². The van der Waals surface area contributed by atoms with E-state index < -0.39 is 0 Å². The van der Waals surface area contributed by atoms with Crippen molar-refractivity contribution in [2.24, 2.45) is 0 Å². The lowest BCUT2D eigenvalue weighted by molar-refractivity contribution is -0.133. The summed E-state index contributed by atoms with van der Waals surface area (Å²) in [4.78, 5) is 31.8. The van der Waals surface area contributed by atoms with E-state index in [9.17, 15) is 14.0 Å². The Kier molecular flexibility index (Phi) is 8.20. The lowest BCUT2D eigenvalue weighted by Crippen LogP contribution is -2.49. The predicted octanol–water partition coefficient (Wildman–Crippen LogP) is 4.51. The van der Waals surface area contributed by atoms with Gasteiger partial charge in [-0.05, 0) is 55.0 Å². The number of hydrogen-bond acceptors (Lipinski definition) is 3. The monoisotopic (exact) mass is 419 g/mol. The minimum atomic E-state index is -0.305. The van der Waals surface area contributed by atoms with E-state index in [1.165, 1.54) is 17.0 Å². The van der Waals surface area contributed by atoms with Crippen molar-refractivity contribution in [1.29, 1.82) is 0 Å². The number of urea groups is 1. The Morgan fingerprint density at radius 2 is 1.76 bits per heavy atom. The van der Waals surface area contributed by atoms with Gasteiger partial charge in [-0.25, -0.2) is 9.18 Å². The molecular formula is C22H30FN3O2S. The predicted molar refractivity (Wildman–Crippen MR) is 115 cm³/mol. The zero-order valence-corrected chi connectivity index (χ0v) is 18.6. The molecule has 2 rings (SSSR count). The number of aryl methyl sites for hydroxylation is 1. The molecule has 5 nitrogen and oxygen atoms in total. The zero-order chi connectivity index (χ0) is 21.6. The zero-order valence-electron chi connectivity index (χ0n) is 17.8. The molecular weight excluding hydrogens is 389 g/mol. The van der Waals surface area contributed by atoms with Crippen molar-refractivity contribution in [3.8, 4) is 0 Å². The third-order valence-electron chi connectivity index (χ3n) is 5.00. The molecule has 1 aromatic heterocycles. The molecule has 158 valence electrons. The van der Waals surface area contributed by atoms with Crippen LogP contribution in [0.15, 0.2) is 35.7 Å². The molecule has 0 N–H and O–H groups in total. The summed E-state index contributed by atoms with van der Waals surface area (Å²) in [6, 6.07) is 7.97. The van der Waals surface area contributed by atoms with Gasteiger partial charge in [-0.2, -0.15) is 0 Å². The van der Waals surface area contributed by atoms with Crippen LogP contribution in [-0.4, -0.2) is 53.3 Å². The van der Waals surface area contributed by atoms with E-state index in [1.54, 1.807) is 47.4 Å². The second kappa shape index (κ2) is 10.4. The second-order valence-corrected chi connectivity index (χ2v) is 8.47. The van der Waals surface area contributed by atoms with Crippen molar-refractivity contribution in [2.45, 2.75) is 46.3 Å². The number of hydrogen-bond donors (Lipinski definition) is 0. The first-order valence-corrected chi connectivity index (χ1v) is 10.6. The Morgan fingerprint density at radius 1 is 1.10 bits per heavy atom. The normalized spacial score (nSPS) is 11.8. The Labute approximate surface area is 176 Å². The maximum absolute atomic E-state index is 13.3. The molecule has 0 aliphatic rings. The Morgan fingerprint density at radius 3 is 2.28 bits per heavy atom. The number of rotatable bonds is 8. The average Bonchev–Trinajstić information content (AvgIpc) is 3.10. The third-order valence-corrected chi connectivity index (χ3v) is 6.01. The van der Waals surface area contributed by atoms with Crippen LogP contribution in [0.3, 0.4) is 0 Å². The van der Waals surface area contributed by atoms with Gasteiger partial charge in [0.25, 0.3) is 0 Å². The molecule has 0 spiro atoms. The Bertz CT molecular complexity index is 820. The standard InChI is InChI=1S/C22H30FN3O2S/c1-6-17(3)26(22(28)24(4)5)15-21(27)25(14-20-16(2)11-12-29-20)13-18-7-9-19(23)10-8-18/h7-12,17H,6,13-15H2,1-5H3/t17-/m1/s1. The average molecular weight is 420 g/mol. The molecule has 1 heterocycles. The van der Waals surface area contributed by atoms with Crippen molar-refractivity contribution >= 4 is 23.3 Å². The number of carbonyl (C=O) groups is 2. The molecule has 0 saturated carbocycles. The molecule has 1 aromatic carbocycles. The van der Waals surface area contributed by atoms with Gasteiger partial charge in [0.05, 0.1) is 6.54 Å². The van der Waals surface area contributed by atoms with Gasteiger partial charge in [0.2, 0.25) is 5.91 Å². The van der Waals surface area contributed by atoms with Gasteiger partial charge >= 0.3 is 6.03 Å². The largest absolute Gasteiger partial charge is 0.332 e. The van der Waals surface area contributed by atoms with E-state index in [1.807, 2.05) is 32.2 Å². The molecule has 3 amide bonds. The fourth-order valence-electron chi connectivity index (χ4n) is 2.92. The highest BCUT2D eigenvalue weighted by Gasteiger charge is 2.26. The van der Waals surface area contributed by atoms with E-state index >= 15 is 0 Å². The Balaban J connectivity index is 2.25. The number of benzene rings is 1. The first-order chi connectivity index (χ1) is 13.7. The van der Waals surface area contributed by atoms with Crippen LogP contribution in [0.4, 0.5) is 9.18 Å². The first-order valence-electron chi connectivity index (χ1n) is 9.76. The highest BCUT2D eigenvalue weighted by atomic mass is 32.1. The van der Waals surface area contributed by atoms with Crippen molar-refractivity contribution in [3.05, 3.63) is 57.5 Å². The van der Waals surface area contributed by atoms with Gasteiger partial charge in [-0.3, -0.25) is 4.79 Å². The third kappa shape index (κ3) is 6.29. The lowest BCUT2D eigenvalue weighted by atomic mass is 10.2. The van der Waals surface area contributed by atoms with Crippen LogP contribution < -0.4 is 0 Å². The molecule has 0 unspecified atom stereocenters. The van der Waals surface area contributed by atoms with E-state index in [-0.39, 0.29) is 30.3 Å². The Hall–Kier alpha value is -2.41. The molecule has 7 heteroatoms. The van der Waals surface area contributed by atoms with Gasteiger partial charge in [-0.15, -0.1) is 11.3 Å². The van der Waals surface area contributed by atoms with Crippen molar-refractivity contribution in [3.63, 3.8) is 0 Å². The summed E-state index contributed by atoms with van der Waals surface area (Å²) >= 11 is 1.61. The molecule has 2 aromatic rings. The number of nitrogens with zero attached hydrogens (tertiary/aromatic N) is 3. The summed E-state index contributed by atoms with van der Waals surface area (Å²) < 4.78 is 13.3. The van der Waals surface area contributed by atoms with Gasteiger partial charge in [0.1, 0.15) is 12.4 Å². The number of amides is 3. The van der Waals surface area contributed by atoms with Crippen LogP contribution in [0.5, 0.6) is 0 Å². The SMILES string of the molecule is CC[C@@H](C)N(CC(=O)N(Cc1ccc(F)cc1)Cc1sccc1C)C(=O)N(C)C. The number of carbonyl (C=O) groups excluding carboxylic acids is 2. The fraction of sp³-hybridized carbons (Fsp3) is 0.455. The highest BCUT2D eigenvalue weighted by Crippen LogP contribution is 2.20. The number of thiophene rings is 1. The van der Waals surface area contributed by atoms with E-state index in [0.717, 1.165) is 22.4 Å². The van der Waals surface area contributed by atoms with Crippen molar-refractivity contribution in [2.75, 3.05) is 20.6 Å². The highest BCUT2D eigenvalue weighted by molar-refractivity contribution is 7.10. The minimum Gasteiger partial charge on any atom is -0.332 e. The fourth-order valence-corrected chi connectivity index (χ4v) is 3.84. The summed E-state index contributed by atoms with van der Waals surface area (Å²) in [5.41, 5.74) is 1.98. The van der Waals surface area contributed by atoms with Crippen molar-refractivity contribution in [1.82, 2.24) is 14.7 Å². The van der Waals surface area contributed by atoms with E-state index in [2.05, 4.69) is 0 Å². The van der Waals surface area contributed by atoms with Gasteiger partial charge in [-0.1, -0.05) is 19.1 Å². The molecule has 1 atom stereocenters. The molecule has 0 aliphatic carbocycles. The van der Waals surface area contributed by atoms with Crippen LogP contribution in [0.25, 0.3) is 0 Å². The van der Waals surface area contributed by atoms with E-state index in [0.29, 0.717) is 13.1 Å². The van der Waals surface area contributed by atoms with Crippen LogP contribution in [-0.2, 0) is 17.9 Å². The summed E-state index contributed by atoms with van der Waals surface area (Å²) in [6.07, 6.45) is 0.759. The van der Waals surface area contributed by atoms with E-state index in [4.69, 9.17) is 0 Å². The molecule has 0 aliphatic heterocycles. The first kappa shape index (κ1) is 22.9. The molecule has 0 fully saturated rings. The molecule has 0 radical (unpaired) electrons. The van der Waals surface area contributed by atoms with Crippen molar-refractivity contribution < 1.29 is 14.0 Å². The summed E-state index contributed by atoms with van der Waals surface area (Å²) in [5, 5.41) is 2.01. The summed E-state index contributed by atoms with van der Waals surface area (Å²) in [7, 11) is 3.38. The number of halogens is 1. The van der Waals surface area contributed by atoms with Crippen LogP contribution in [0.1, 0.15) is 36.3 Å². The van der Waals surface area contributed by atoms with Crippen LogP contribution in [0.2, 0.25) is 0 Å². The molecule has 0 bridgehead atoms. The topological polar surface area (TPSA) is 43.9 Å². The summed E-state index contributed by atoms with van der Waals surface area (Å²) in [5.74, 6) is -0.433. The second-order valence-electron chi connectivity index (χ2n) is 7.47. The van der Waals surface area contributed by atoms with Gasteiger partial charge in [0.15, 0.2) is 0 Å². The smallest absolute Gasteiger partial charge is 0.320 e. The van der Waals surface area contributed by atoms with Crippen LogP contribution in [0, 0.1) is 12.7 Å². The summed E-state index contributed by atoms with van der Waals surface area (Å²) in [6.45, 7) is 6.80. The maximum atomic E-state index is 13.3. The lowest BCUT2D eigenvalue weighted by Gasteiger charge is -2.33. The molecule has 0 saturated heterocycles. The van der Waals surface area contributed by atoms with Gasteiger partial charge in [0, 0.05) is 31.6 Å².